The number of carbonyl (C=O) groups is 2. The molecule has 1 amide bonds. The van der Waals surface area contributed by atoms with Gasteiger partial charge in [-0.25, -0.2) is 13.2 Å². The molecule has 1 aromatic carbocycles. The summed E-state index contributed by atoms with van der Waals surface area (Å²) in [6, 6.07) is 2.66. The molecule has 1 aromatic rings. The van der Waals surface area contributed by atoms with Crippen LogP contribution in [0.5, 0.6) is 11.5 Å². The van der Waals surface area contributed by atoms with E-state index in [4.69, 9.17) is 14.2 Å². The minimum atomic E-state index is -3.47. The Hall–Kier alpha value is -2.29. The molecule has 0 aliphatic rings. The molecule has 0 bridgehead atoms. The number of nitrogens with one attached hydrogen (secondary N) is 1. The fourth-order valence-electron chi connectivity index (χ4n) is 1.79. The Bertz CT molecular complexity index is 672. The average Bonchev–Trinajstić information content (AvgIpc) is 2.45. The van der Waals surface area contributed by atoms with Gasteiger partial charge < -0.3 is 14.2 Å². The zero-order valence-corrected chi connectivity index (χ0v) is 14.2. The molecule has 0 saturated heterocycles. The summed E-state index contributed by atoms with van der Waals surface area (Å²) in [7, 11) is -0.782. The molecular weight excluding hydrogens is 326 g/mol. The lowest BCUT2D eigenvalue weighted by atomic mass is 10.1. The van der Waals surface area contributed by atoms with Crippen LogP contribution in [-0.2, 0) is 14.6 Å². The van der Waals surface area contributed by atoms with E-state index in [1.54, 1.807) is 6.92 Å². The van der Waals surface area contributed by atoms with Crippen LogP contribution < -0.4 is 14.8 Å². The van der Waals surface area contributed by atoms with Crippen LogP contribution in [0.3, 0.4) is 0 Å². The maximum absolute atomic E-state index is 12.0. The zero-order valence-electron chi connectivity index (χ0n) is 13.3. The number of amides is 1. The smallest absolute Gasteiger partial charge is 0.411 e. The molecule has 0 aromatic heterocycles. The van der Waals surface area contributed by atoms with Crippen molar-refractivity contribution in [2.75, 3.05) is 38.2 Å². The quantitative estimate of drug-likeness (QED) is 0.746. The highest BCUT2D eigenvalue weighted by molar-refractivity contribution is 7.91. The molecule has 0 fully saturated rings. The first kappa shape index (κ1) is 18.8. The largest absolute Gasteiger partial charge is 0.494 e. The second kappa shape index (κ2) is 7.82. The van der Waals surface area contributed by atoms with Crippen molar-refractivity contribution in [2.24, 2.45) is 0 Å². The summed E-state index contributed by atoms with van der Waals surface area (Å²) in [6.07, 6.45) is 0.259. The molecule has 0 saturated carbocycles. The third-order valence-corrected chi connectivity index (χ3v) is 3.51. The summed E-state index contributed by atoms with van der Waals surface area (Å²) in [5.41, 5.74) is 0.280. The van der Waals surface area contributed by atoms with Gasteiger partial charge in [-0.1, -0.05) is 0 Å². The molecule has 0 spiro atoms. The number of methoxy groups -OCH3 is 2. The van der Waals surface area contributed by atoms with Crippen molar-refractivity contribution in [3.8, 4) is 11.5 Å². The molecule has 1 rings (SSSR count). The first-order valence-corrected chi connectivity index (χ1v) is 8.68. The van der Waals surface area contributed by atoms with Crippen molar-refractivity contribution in [2.45, 2.75) is 6.92 Å². The number of hydrogen-bond donors (Lipinski definition) is 1. The molecule has 128 valence electrons. The fourth-order valence-corrected chi connectivity index (χ4v) is 2.43. The Labute approximate surface area is 134 Å². The fraction of sp³-hybridized carbons (Fsp3) is 0.429. The minimum Gasteiger partial charge on any atom is -0.494 e. The van der Waals surface area contributed by atoms with Gasteiger partial charge in [-0.15, -0.1) is 0 Å². The zero-order chi connectivity index (χ0) is 17.6. The lowest BCUT2D eigenvalue weighted by molar-refractivity contribution is 0.102. The lowest BCUT2D eigenvalue weighted by Gasteiger charge is -2.15. The van der Waals surface area contributed by atoms with Gasteiger partial charge in [0.1, 0.15) is 22.9 Å². The molecule has 1 N–H and O–H groups in total. The second-order valence-corrected chi connectivity index (χ2v) is 6.73. The highest BCUT2D eigenvalue weighted by Crippen LogP contribution is 2.36. The molecule has 0 unspecified atom stereocenters. The van der Waals surface area contributed by atoms with Crippen LogP contribution in [0.15, 0.2) is 12.1 Å². The van der Waals surface area contributed by atoms with Gasteiger partial charge in [0.05, 0.1) is 20.8 Å². The first-order valence-electron chi connectivity index (χ1n) is 6.62. The van der Waals surface area contributed by atoms with E-state index in [0.29, 0.717) is 0 Å². The summed E-state index contributed by atoms with van der Waals surface area (Å²) < 4.78 is 37.6. The van der Waals surface area contributed by atoms with Crippen molar-refractivity contribution < 1.29 is 32.2 Å². The molecule has 23 heavy (non-hydrogen) atoms. The summed E-state index contributed by atoms with van der Waals surface area (Å²) in [5, 5.41) is 2.46. The second-order valence-electron chi connectivity index (χ2n) is 4.59. The third kappa shape index (κ3) is 5.44. The van der Waals surface area contributed by atoms with Crippen LogP contribution in [0.1, 0.15) is 17.3 Å². The lowest BCUT2D eigenvalue weighted by Crippen LogP contribution is -2.17. The number of carbonyl (C=O) groups excluding carboxylic acids is 2. The number of sulfone groups is 1. The number of Topliss-reactive ketones (excluding diaryl/α,β-unsaturated/α-hetero) is 1. The van der Waals surface area contributed by atoms with Gasteiger partial charge in [-0.05, 0) is 19.1 Å². The Morgan fingerprint density at radius 3 is 2.04 bits per heavy atom. The van der Waals surface area contributed by atoms with Gasteiger partial charge in [0.2, 0.25) is 0 Å². The molecule has 0 aliphatic carbocycles. The monoisotopic (exact) mass is 345 g/mol. The van der Waals surface area contributed by atoms with Crippen LogP contribution in [0.4, 0.5) is 10.5 Å². The Morgan fingerprint density at radius 1 is 1.13 bits per heavy atom. The van der Waals surface area contributed by atoms with E-state index in [1.165, 1.54) is 26.4 Å². The molecule has 0 atom stereocenters. The van der Waals surface area contributed by atoms with E-state index in [-0.39, 0.29) is 29.4 Å². The third-order valence-electron chi connectivity index (χ3n) is 2.72. The first-order chi connectivity index (χ1) is 10.7. The normalized spacial score (nSPS) is 10.8. The van der Waals surface area contributed by atoms with E-state index in [0.717, 1.165) is 6.26 Å². The van der Waals surface area contributed by atoms with Crippen molar-refractivity contribution in [1.29, 1.82) is 0 Å². The summed E-state index contributed by atoms with van der Waals surface area (Å²) >= 11 is 0. The topological polar surface area (TPSA) is 108 Å². The summed E-state index contributed by atoms with van der Waals surface area (Å²) in [6.45, 7) is 1.84. The van der Waals surface area contributed by atoms with E-state index < -0.39 is 27.5 Å². The number of ketones is 1. The minimum absolute atomic E-state index is 0.0959. The number of anilines is 1. The number of ether oxygens (including phenoxy) is 3. The van der Waals surface area contributed by atoms with Crippen LogP contribution in [0, 0.1) is 0 Å². The van der Waals surface area contributed by atoms with Gasteiger partial charge in [-0.3, -0.25) is 10.1 Å². The van der Waals surface area contributed by atoms with Crippen LogP contribution in [-0.4, -0.2) is 53.1 Å². The maximum Gasteiger partial charge on any atom is 0.411 e. The van der Waals surface area contributed by atoms with Crippen molar-refractivity contribution in [1.82, 2.24) is 0 Å². The highest BCUT2D eigenvalue weighted by Gasteiger charge is 2.20. The van der Waals surface area contributed by atoms with Crippen LogP contribution >= 0.6 is 0 Å². The molecule has 0 radical (unpaired) electrons. The number of hydrogen-bond acceptors (Lipinski definition) is 7. The Kier molecular flexibility index (Phi) is 6.38. The standard InChI is InChI=1S/C14H19NO7S/c1-5-22-14(17)15-13-11(20-2)6-9(7-12(13)21-3)10(16)8-23(4,18)19/h6-7H,5,8H2,1-4H3,(H,15,17). The Morgan fingerprint density at radius 2 is 1.65 bits per heavy atom. The van der Waals surface area contributed by atoms with E-state index >= 15 is 0 Å². The highest BCUT2D eigenvalue weighted by atomic mass is 32.2. The molecular formula is C14H19NO7S. The predicted octanol–water partition coefficient (Wildman–Crippen LogP) is 1.50. The van der Waals surface area contributed by atoms with E-state index in [9.17, 15) is 18.0 Å². The number of benzene rings is 1. The van der Waals surface area contributed by atoms with Crippen molar-refractivity contribution in [3.63, 3.8) is 0 Å². The molecule has 8 nitrogen and oxygen atoms in total. The molecule has 9 heteroatoms. The van der Waals surface area contributed by atoms with E-state index in [2.05, 4.69) is 5.32 Å². The Balaban J connectivity index is 3.25. The summed E-state index contributed by atoms with van der Waals surface area (Å²) in [5.74, 6) is -0.945. The predicted molar refractivity (Wildman–Crippen MR) is 84.2 cm³/mol. The van der Waals surface area contributed by atoms with Crippen molar-refractivity contribution >= 4 is 27.4 Å². The van der Waals surface area contributed by atoms with Crippen LogP contribution in [0.2, 0.25) is 0 Å². The van der Waals surface area contributed by atoms with Gasteiger partial charge in [0.15, 0.2) is 15.6 Å². The number of rotatable bonds is 7. The molecule has 0 heterocycles. The van der Waals surface area contributed by atoms with Gasteiger partial charge in [0.25, 0.3) is 0 Å². The SMILES string of the molecule is CCOC(=O)Nc1c(OC)cc(C(=O)CS(C)(=O)=O)cc1OC. The van der Waals surface area contributed by atoms with Gasteiger partial charge in [0, 0.05) is 11.8 Å². The van der Waals surface area contributed by atoms with Gasteiger partial charge in [-0.2, -0.15) is 0 Å². The molecule has 0 aliphatic heterocycles. The maximum atomic E-state index is 12.0. The van der Waals surface area contributed by atoms with Gasteiger partial charge >= 0.3 is 6.09 Å². The van der Waals surface area contributed by atoms with Crippen LogP contribution in [0.25, 0.3) is 0 Å². The average molecular weight is 345 g/mol. The van der Waals surface area contributed by atoms with Crippen molar-refractivity contribution in [3.05, 3.63) is 17.7 Å². The van der Waals surface area contributed by atoms with E-state index in [1.807, 2.05) is 0 Å². The summed E-state index contributed by atoms with van der Waals surface area (Å²) in [4.78, 5) is 23.6.